The Kier molecular flexibility index (Phi) is 7.27. The van der Waals surface area contributed by atoms with Crippen LogP contribution in [0.15, 0.2) is 36.4 Å². The molecule has 4 rings (SSSR count). The maximum atomic E-state index is 13.5. The molecule has 0 aromatic heterocycles. The number of carbonyl (C=O) groups is 1. The smallest absolute Gasteiger partial charge is 0.407 e. The van der Waals surface area contributed by atoms with Crippen molar-refractivity contribution in [2.45, 2.75) is 65.6 Å². The van der Waals surface area contributed by atoms with Gasteiger partial charge in [0.2, 0.25) is 0 Å². The zero-order chi connectivity index (χ0) is 25.2. The Hall–Kier alpha value is -2.80. The normalized spacial score (nSPS) is 17.4. The minimum absolute atomic E-state index is 0.191. The van der Waals surface area contributed by atoms with Gasteiger partial charge < -0.3 is 19.5 Å². The van der Waals surface area contributed by atoms with Crippen LogP contribution >= 0.6 is 0 Å². The average Bonchev–Trinajstić information content (AvgIpc) is 2.71. The Morgan fingerprint density at radius 1 is 1.06 bits per heavy atom. The maximum absolute atomic E-state index is 13.5. The number of hydrogen-bond donors (Lipinski definition) is 1. The summed E-state index contributed by atoms with van der Waals surface area (Å²) in [6, 6.07) is 10.8. The number of nitrogens with one attached hydrogen (secondary N) is 1. The number of hydrogen-bond acceptors (Lipinski definition) is 5. The van der Waals surface area contributed by atoms with Crippen molar-refractivity contribution in [3.63, 3.8) is 0 Å². The molecule has 1 saturated heterocycles. The highest BCUT2D eigenvalue weighted by molar-refractivity contribution is 5.77. The summed E-state index contributed by atoms with van der Waals surface area (Å²) in [6.07, 6.45) is 1.64. The van der Waals surface area contributed by atoms with E-state index in [-0.39, 0.29) is 18.0 Å². The molecule has 1 aliphatic heterocycles. The van der Waals surface area contributed by atoms with Gasteiger partial charge in [0, 0.05) is 25.7 Å². The molecule has 0 radical (unpaired) electrons. The predicted molar refractivity (Wildman–Crippen MR) is 134 cm³/mol. The molecule has 1 N–H and O–H groups in total. The van der Waals surface area contributed by atoms with Crippen molar-refractivity contribution in [3.8, 4) is 22.6 Å². The molecule has 0 unspecified atom stereocenters. The predicted octanol–water partition coefficient (Wildman–Crippen LogP) is 5.78. The van der Waals surface area contributed by atoms with Crippen molar-refractivity contribution in [2.24, 2.45) is 5.41 Å². The van der Waals surface area contributed by atoms with E-state index in [1.54, 1.807) is 12.1 Å². The van der Waals surface area contributed by atoms with Gasteiger partial charge in [-0.1, -0.05) is 12.1 Å². The van der Waals surface area contributed by atoms with Gasteiger partial charge in [0.05, 0.1) is 18.8 Å². The monoisotopic (exact) mass is 484 g/mol. The van der Waals surface area contributed by atoms with Crippen LogP contribution in [-0.2, 0) is 11.3 Å². The summed E-state index contributed by atoms with van der Waals surface area (Å²) in [4.78, 5) is 14.4. The molecule has 0 bridgehead atoms. The van der Waals surface area contributed by atoms with E-state index in [0.717, 1.165) is 60.7 Å². The van der Waals surface area contributed by atoms with Crippen LogP contribution in [0.3, 0.4) is 0 Å². The first kappa shape index (κ1) is 25.3. The first-order valence-corrected chi connectivity index (χ1v) is 12.5. The Morgan fingerprint density at radius 3 is 2.14 bits per heavy atom. The second-order valence-electron chi connectivity index (χ2n) is 10.7. The third kappa shape index (κ3) is 6.07. The average molecular weight is 485 g/mol. The standard InChI is InChI=1S/C28H37FN2O4/c1-6-33-23-12-19(13-24(34-7-2)25(23)20-8-10-21(29)11-9-20)16-31-17-28(18-31)14-22(15-28)30-26(32)35-27(3,4)5/h8-13,22H,6-7,14-18H2,1-5H3,(H,30,32). The largest absolute Gasteiger partial charge is 0.493 e. The fourth-order valence-electron chi connectivity index (χ4n) is 5.27. The van der Waals surface area contributed by atoms with Crippen LogP contribution in [0, 0.1) is 11.2 Å². The van der Waals surface area contributed by atoms with Crippen molar-refractivity contribution >= 4 is 6.09 Å². The van der Waals surface area contributed by atoms with Crippen LogP contribution in [0.25, 0.3) is 11.1 Å². The van der Waals surface area contributed by atoms with E-state index in [2.05, 4.69) is 22.3 Å². The molecule has 1 saturated carbocycles. The van der Waals surface area contributed by atoms with Crippen molar-refractivity contribution in [2.75, 3.05) is 26.3 Å². The van der Waals surface area contributed by atoms with Gasteiger partial charge in [-0.3, -0.25) is 4.90 Å². The van der Waals surface area contributed by atoms with Gasteiger partial charge in [-0.15, -0.1) is 0 Å². The number of nitrogens with zero attached hydrogens (tertiary/aromatic N) is 1. The number of rotatable bonds is 8. The van der Waals surface area contributed by atoms with Gasteiger partial charge in [0.25, 0.3) is 0 Å². The zero-order valence-electron chi connectivity index (χ0n) is 21.4. The quantitative estimate of drug-likeness (QED) is 0.515. The number of carbonyl (C=O) groups excluding carboxylic acids is 1. The molecular weight excluding hydrogens is 447 g/mol. The molecule has 2 fully saturated rings. The number of alkyl carbamates (subject to hydrolysis) is 1. The zero-order valence-corrected chi connectivity index (χ0v) is 21.4. The SMILES string of the molecule is CCOc1cc(CN2CC3(CC(NC(=O)OC(C)(C)C)C3)C2)cc(OCC)c1-c1ccc(F)cc1. The summed E-state index contributed by atoms with van der Waals surface area (Å²) in [7, 11) is 0. The molecule has 1 aliphatic carbocycles. The Balaban J connectivity index is 1.40. The number of benzene rings is 2. The topological polar surface area (TPSA) is 60.0 Å². The van der Waals surface area contributed by atoms with Crippen LogP contribution in [0.2, 0.25) is 0 Å². The summed E-state index contributed by atoms with van der Waals surface area (Å²) in [5.41, 5.74) is 2.66. The summed E-state index contributed by atoms with van der Waals surface area (Å²) >= 11 is 0. The van der Waals surface area contributed by atoms with Crippen LogP contribution in [-0.4, -0.2) is 48.9 Å². The second kappa shape index (κ2) is 10.1. The Bertz CT molecular complexity index is 1010. The lowest BCUT2D eigenvalue weighted by Gasteiger charge is -2.59. The molecule has 1 amide bonds. The van der Waals surface area contributed by atoms with Gasteiger partial charge in [-0.25, -0.2) is 9.18 Å². The fourth-order valence-corrected chi connectivity index (χ4v) is 5.27. The number of halogens is 1. The van der Waals surface area contributed by atoms with Crippen LogP contribution in [0.4, 0.5) is 9.18 Å². The van der Waals surface area contributed by atoms with Gasteiger partial charge in [0.1, 0.15) is 22.9 Å². The van der Waals surface area contributed by atoms with Gasteiger partial charge in [-0.05, 0) is 88.3 Å². The third-order valence-corrected chi connectivity index (χ3v) is 6.46. The Labute approximate surface area is 207 Å². The van der Waals surface area contributed by atoms with Crippen molar-refractivity contribution in [1.29, 1.82) is 0 Å². The van der Waals surface area contributed by atoms with E-state index < -0.39 is 5.60 Å². The lowest BCUT2D eigenvalue weighted by atomic mass is 9.60. The van der Waals surface area contributed by atoms with E-state index in [1.807, 2.05) is 34.6 Å². The van der Waals surface area contributed by atoms with Gasteiger partial charge in [-0.2, -0.15) is 0 Å². The highest BCUT2D eigenvalue weighted by Gasteiger charge is 2.52. The van der Waals surface area contributed by atoms with E-state index in [0.29, 0.717) is 18.6 Å². The van der Waals surface area contributed by atoms with Crippen molar-refractivity contribution in [1.82, 2.24) is 10.2 Å². The van der Waals surface area contributed by atoms with Crippen LogP contribution in [0.1, 0.15) is 53.0 Å². The highest BCUT2D eigenvalue weighted by Crippen LogP contribution is 2.49. The summed E-state index contributed by atoms with van der Waals surface area (Å²) < 4.78 is 30.9. The van der Waals surface area contributed by atoms with Crippen molar-refractivity contribution < 1.29 is 23.4 Å². The molecule has 1 spiro atoms. The number of ether oxygens (including phenoxy) is 3. The first-order chi connectivity index (χ1) is 16.6. The van der Waals surface area contributed by atoms with Crippen LogP contribution in [0.5, 0.6) is 11.5 Å². The second-order valence-corrected chi connectivity index (χ2v) is 10.7. The first-order valence-electron chi connectivity index (χ1n) is 12.5. The van der Waals surface area contributed by atoms with Crippen LogP contribution < -0.4 is 14.8 Å². The maximum Gasteiger partial charge on any atom is 0.407 e. The van der Waals surface area contributed by atoms with E-state index >= 15 is 0 Å². The van der Waals surface area contributed by atoms with E-state index in [4.69, 9.17) is 14.2 Å². The fraction of sp³-hybridized carbons (Fsp3) is 0.536. The van der Waals surface area contributed by atoms with Gasteiger partial charge >= 0.3 is 6.09 Å². The lowest BCUT2D eigenvalue weighted by molar-refractivity contribution is -0.0831. The highest BCUT2D eigenvalue weighted by atomic mass is 19.1. The number of amides is 1. The lowest BCUT2D eigenvalue weighted by Crippen LogP contribution is -2.66. The molecule has 2 aromatic carbocycles. The number of likely N-dealkylation sites (tertiary alicyclic amines) is 1. The summed E-state index contributed by atoms with van der Waals surface area (Å²) in [6.45, 7) is 13.4. The van der Waals surface area contributed by atoms with Gasteiger partial charge in [0.15, 0.2) is 0 Å². The minimum atomic E-state index is -0.480. The summed E-state index contributed by atoms with van der Waals surface area (Å²) in [5, 5.41) is 2.99. The minimum Gasteiger partial charge on any atom is -0.493 e. The van der Waals surface area contributed by atoms with E-state index in [1.165, 1.54) is 12.1 Å². The van der Waals surface area contributed by atoms with Crippen molar-refractivity contribution in [3.05, 3.63) is 47.8 Å². The molecule has 35 heavy (non-hydrogen) atoms. The third-order valence-electron chi connectivity index (χ3n) is 6.46. The summed E-state index contributed by atoms with van der Waals surface area (Å²) in [5.74, 6) is 1.23. The molecule has 2 aromatic rings. The molecule has 2 aliphatic rings. The van der Waals surface area contributed by atoms with E-state index in [9.17, 15) is 9.18 Å². The Morgan fingerprint density at radius 2 is 1.63 bits per heavy atom. The molecule has 7 heteroatoms. The molecular formula is C28H37FN2O4. The molecule has 190 valence electrons. The molecule has 0 atom stereocenters. The molecule has 1 heterocycles. The molecule has 6 nitrogen and oxygen atoms in total.